The standard InChI is InChI=1S/C17H24N2O3/c1-12-10-13(6-7-18-12)17(20)19-11-14-4-2-5-15-16(14)22-9-3-8-21-15/h2,4-5,12-13,18H,3,6-11H2,1H3,(H,19,20)/t12-,13-/m0/s1. The summed E-state index contributed by atoms with van der Waals surface area (Å²) in [6.45, 7) is 4.86. The molecule has 1 fully saturated rings. The molecule has 22 heavy (non-hydrogen) atoms. The van der Waals surface area contributed by atoms with Crippen LogP contribution in [0.4, 0.5) is 0 Å². The summed E-state index contributed by atoms with van der Waals surface area (Å²) >= 11 is 0. The number of carbonyl (C=O) groups is 1. The Bertz CT molecular complexity index is 533. The van der Waals surface area contributed by atoms with Gasteiger partial charge in [-0.25, -0.2) is 0 Å². The van der Waals surface area contributed by atoms with E-state index >= 15 is 0 Å². The Hall–Kier alpha value is -1.75. The maximum atomic E-state index is 12.3. The van der Waals surface area contributed by atoms with E-state index in [0.29, 0.717) is 25.8 Å². The molecule has 120 valence electrons. The Labute approximate surface area is 131 Å². The number of ether oxygens (including phenoxy) is 2. The summed E-state index contributed by atoms with van der Waals surface area (Å²) in [6.07, 6.45) is 2.69. The van der Waals surface area contributed by atoms with E-state index in [1.54, 1.807) is 0 Å². The number of piperidine rings is 1. The summed E-state index contributed by atoms with van der Waals surface area (Å²) in [4.78, 5) is 12.3. The van der Waals surface area contributed by atoms with Gasteiger partial charge in [-0.15, -0.1) is 0 Å². The maximum Gasteiger partial charge on any atom is 0.223 e. The fourth-order valence-corrected chi connectivity index (χ4v) is 3.09. The van der Waals surface area contributed by atoms with Crippen molar-refractivity contribution in [2.45, 2.75) is 38.8 Å². The Morgan fingerprint density at radius 3 is 3.09 bits per heavy atom. The lowest BCUT2D eigenvalue weighted by atomic mass is 9.92. The molecule has 0 aromatic heterocycles. The Morgan fingerprint density at radius 1 is 1.36 bits per heavy atom. The molecule has 0 unspecified atom stereocenters. The van der Waals surface area contributed by atoms with Crippen molar-refractivity contribution in [2.75, 3.05) is 19.8 Å². The molecule has 0 aliphatic carbocycles. The summed E-state index contributed by atoms with van der Waals surface area (Å²) in [5.41, 5.74) is 0.981. The molecule has 2 heterocycles. The van der Waals surface area contributed by atoms with Crippen LogP contribution in [0.5, 0.6) is 11.5 Å². The van der Waals surface area contributed by atoms with Gasteiger partial charge < -0.3 is 20.1 Å². The van der Waals surface area contributed by atoms with Gasteiger partial charge in [0.1, 0.15) is 0 Å². The lowest BCUT2D eigenvalue weighted by Gasteiger charge is -2.27. The lowest BCUT2D eigenvalue weighted by Crippen LogP contribution is -2.42. The third-order valence-corrected chi connectivity index (χ3v) is 4.30. The van der Waals surface area contributed by atoms with E-state index < -0.39 is 0 Å². The number of hydrogen-bond acceptors (Lipinski definition) is 4. The van der Waals surface area contributed by atoms with Crippen LogP contribution in [0, 0.1) is 5.92 Å². The van der Waals surface area contributed by atoms with Crippen LogP contribution in [0.3, 0.4) is 0 Å². The molecule has 1 aromatic carbocycles. The summed E-state index contributed by atoms with van der Waals surface area (Å²) in [7, 11) is 0. The lowest BCUT2D eigenvalue weighted by molar-refractivity contribution is -0.126. The predicted octanol–water partition coefficient (Wildman–Crippen LogP) is 1.85. The number of amides is 1. The molecule has 1 aromatic rings. The van der Waals surface area contributed by atoms with Crippen LogP contribution < -0.4 is 20.1 Å². The average molecular weight is 304 g/mol. The van der Waals surface area contributed by atoms with E-state index in [0.717, 1.165) is 42.9 Å². The molecule has 2 aliphatic heterocycles. The van der Waals surface area contributed by atoms with Gasteiger partial charge in [-0.3, -0.25) is 4.79 Å². The molecular formula is C17H24N2O3. The van der Waals surface area contributed by atoms with Crippen molar-refractivity contribution < 1.29 is 14.3 Å². The SMILES string of the molecule is C[C@H]1C[C@@H](C(=O)NCc2cccc3c2OCCCO3)CCN1. The monoisotopic (exact) mass is 304 g/mol. The number of benzene rings is 1. The smallest absolute Gasteiger partial charge is 0.223 e. The van der Waals surface area contributed by atoms with Crippen LogP contribution in [0.2, 0.25) is 0 Å². The zero-order valence-corrected chi connectivity index (χ0v) is 13.1. The number of para-hydroxylation sites is 1. The Balaban J connectivity index is 1.63. The van der Waals surface area contributed by atoms with Crippen molar-refractivity contribution in [3.05, 3.63) is 23.8 Å². The zero-order chi connectivity index (χ0) is 15.4. The van der Waals surface area contributed by atoms with Gasteiger partial charge in [0.2, 0.25) is 5.91 Å². The van der Waals surface area contributed by atoms with Gasteiger partial charge >= 0.3 is 0 Å². The second-order valence-corrected chi connectivity index (χ2v) is 6.09. The molecule has 0 saturated carbocycles. The van der Waals surface area contributed by atoms with E-state index in [9.17, 15) is 4.79 Å². The van der Waals surface area contributed by atoms with Crippen LogP contribution in [-0.2, 0) is 11.3 Å². The normalized spacial score (nSPS) is 24.4. The molecular weight excluding hydrogens is 280 g/mol. The quantitative estimate of drug-likeness (QED) is 0.895. The van der Waals surface area contributed by atoms with Crippen molar-refractivity contribution in [1.82, 2.24) is 10.6 Å². The first-order valence-corrected chi connectivity index (χ1v) is 8.12. The topological polar surface area (TPSA) is 59.6 Å². The van der Waals surface area contributed by atoms with Gasteiger partial charge in [-0.1, -0.05) is 12.1 Å². The van der Waals surface area contributed by atoms with E-state index in [1.165, 1.54) is 0 Å². The molecule has 0 radical (unpaired) electrons. The molecule has 0 spiro atoms. The summed E-state index contributed by atoms with van der Waals surface area (Å²) < 4.78 is 11.5. The molecule has 2 atom stereocenters. The average Bonchev–Trinajstić information content (AvgIpc) is 2.78. The number of nitrogens with one attached hydrogen (secondary N) is 2. The highest BCUT2D eigenvalue weighted by atomic mass is 16.5. The molecule has 0 bridgehead atoms. The van der Waals surface area contributed by atoms with Crippen LogP contribution in [0.25, 0.3) is 0 Å². The Morgan fingerprint density at radius 2 is 2.23 bits per heavy atom. The maximum absolute atomic E-state index is 12.3. The first kappa shape index (κ1) is 15.2. The van der Waals surface area contributed by atoms with Crippen LogP contribution in [-0.4, -0.2) is 31.7 Å². The van der Waals surface area contributed by atoms with E-state index in [4.69, 9.17) is 9.47 Å². The zero-order valence-electron chi connectivity index (χ0n) is 13.1. The van der Waals surface area contributed by atoms with Gasteiger partial charge in [-0.05, 0) is 32.4 Å². The number of rotatable bonds is 3. The van der Waals surface area contributed by atoms with Gasteiger partial charge in [-0.2, -0.15) is 0 Å². The van der Waals surface area contributed by atoms with Crippen molar-refractivity contribution in [1.29, 1.82) is 0 Å². The minimum absolute atomic E-state index is 0.107. The molecule has 2 aliphatic rings. The van der Waals surface area contributed by atoms with Crippen molar-refractivity contribution in [3.8, 4) is 11.5 Å². The highest BCUT2D eigenvalue weighted by molar-refractivity contribution is 5.78. The highest BCUT2D eigenvalue weighted by Gasteiger charge is 2.24. The second-order valence-electron chi connectivity index (χ2n) is 6.09. The van der Waals surface area contributed by atoms with Gasteiger partial charge in [0.25, 0.3) is 0 Å². The van der Waals surface area contributed by atoms with Crippen molar-refractivity contribution in [2.24, 2.45) is 5.92 Å². The third kappa shape index (κ3) is 3.53. The van der Waals surface area contributed by atoms with Gasteiger partial charge in [0.15, 0.2) is 11.5 Å². The minimum atomic E-state index is 0.107. The second kappa shape index (κ2) is 7.01. The third-order valence-electron chi connectivity index (χ3n) is 4.30. The van der Waals surface area contributed by atoms with E-state index in [-0.39, 0.29) is 11.8 Å². The fraction of sp³-hybridized carbons (Fsp3) is 0.588. The van der Waals surface area contributed by atoms with Gasteiger partial charge in [0.05, 0.1) is 13.2 Å². The van der Waals surface area contributed by atoms with Crippen LogP contribution in [0.15, 0.2) is 18.2 Å². The van der Waals surface area contributed by atoms with Crippen LogP contribution >= 0.6 is 0 Å². The van der Waals surface area contributed by atoms with E-state index in [1.807, 2.05) is 18.2 Å². The molecule has 5 nitrogen and oxygen atoms in total. The number of hydrogen-bond donors (Lipinski definition) is 2. The first-order chi connectivity index (χ1) is 10.7. The summed E-state index contributed by atoms with van der Waals surface area (Å²) in [5, 5.41) is 6.43. The fourth-order valence-electron chi connectivity index (χ4n) is 3.09. The summed E-state index contributed by atoms with van der Waals surface area (Å²) in [5.74, 6) is 1.80. The largest absolute Gasteiger partial charge is 0.490 e. The first-order valence-electron chi connectivity index (χ1n) is 8.12. The summed E-state index contributed by atoms with van der Waals surface area (Å²) in [6, 6.07) is 6.26. The van der Waals surface area contributed by atoms with Crippen molar-refractivity contribution in [3.63, 3.8) is 0 Å². The number of fused-ring (bicyclic) bond motifs is 1. The minimum Gasteiger partial charge on any atom is -0.490 e. The molecule has 3 rings (SSSR count). The van der Waals surface area contributed by atoms with Crippen LogP contribution in [0.1, 0.15) is 31.7 Å². The van der Waals surface area contributed by atoms with E-state index in [2.05, 4.69) is 17.6 Å². The molecule has 1 amide bonds. The Kier molecular flexibility index (Phi) is 4.83. The highest BCUT2D eigenvalue weighted by Crippen LogP contribution is 2.33. The molecule has 1 saturated heterocycles. The molecule has 5 heteroatoms. The molecule has 2 N–H and O–H groups in total. The predicted molar refractivity (Wildman–Crippen MR) is 84.1 cm³/mol. The van der Waals surface area contributed by atoms with Crippen molar-refractivity contribution >= 4 is 5.91 Å². The van der Waals surface area contributed by atoms with Gasteiger partial charge in [0, 0.05) is 30.5 Å². The number of carbonyl (C=O) groups excluding carboxylic acids is 1.